The highest BCUT2D eigenvalue weighted by Gasteiger charge is 2.13. The topological polar surface area (TPSA) is 34.1 Å². The Labute approximate surface area is 94.4 Å². The molecule has 0 amide bonds. The highest BCUT2D eigenvalue weighted by molar-refractivity contribution is 14.1. The highest BCUT2D eigenvalue weighted by atomic mass is 127. The summed E-state index contributed by atoms with van der Waals surface area (Å²) in [6.45, 7) is 1.43. The summed E-state index contributed by atoms with van der Waals surface area (Å²) in [7, 11) is 0. The molecule has 0 aromatic heterocycles. The quantitative estimate of drug-likeness (QED) is 0.478. The molecule has 0 unspecified atom stereocenters. The number of benzene rings is 1. The van der Waals surface area contributed by atoms with Crippen LogP contribution in [0.2, 0.25) is 5.02 Å². The lowest BCUT2D eigenvalue weighted by atomic mass is 10.1. The van der Waals surface area contributed by atoms with Gasteiger partial charge in [0.05, 0.1) is 5.02 Å². The zero-order valence-corrected chi connectivity index (χ0v) is 9.72. The van der Waals surface area contributed by atoms with Crippen LogP contribution in [0.25, 0.3) is 0 Å². The summed E-state index contributed by atoms with van der Waals surface area (Å²) < 4.78 is 0.765. The van der Waals surface area contributed by atoms with Crippen LogP contribution in [0.4, 0.5) is 0 Å². The van der Waals surface area contributed by atoms with Crippen molar-refractivity contribution in [1.82, 2.24) is 0 Å². The average molecular weight is 309 g/mol. The molecule has 0 fully saturated rings. The van der Waals surface area contributed by atoms with Crippen molar-refractivity contribution in [2.75, 3.05) is 0 Å². The fourth-order valence-corrected chi connectivity index (χ4v) is 2.31. The minimum atomic E-state index is -0.127. The summed E-state index contributed by atoms with van der Waals surface area (Å²) in [5.41, 5.74) is 0.777. The Morgan fingerprint density at radius 2 is 2.15 bits per heavy atom. The van der Waals surface area contributed by atoms with Gasteiger partial charge < -0.3 is 0 Å². The first-order chi connectivity index (χ1) is 6.07. The molecule has 0 N–H and O–H groups in total. The van der Waals surface area contributed by atoms with Gasteiger partial charge in [0.25, 0.3) is 0 Å². The molecule has 0 aliphatic heterocycles. The number of hydrogen-bond donors (Lipinski definition) is 0. The Hall–Kier alpha value is -0.420. The minimum absolute atomic E-state index is 0.127. The first-order valence-electron chi connectivity index (χ1n) is 3.52. The van der Waals surface area contributed by atoms with Crippen LogP contribution in [0, 0.1) is 3.57 Å². The number of Topliss-reactive ketones (excluding diaryl/α,β-unsaturated/α-hetero) is 1. The number of carbonyl (C=O) groups is 2. The van der Waals surface area contributed by atoms with Crippen LogP contribution in [-0.4, -0.2) is 12.1 Å². The number of halogens is 2. The first kappa shape index (κ1) is 10.7. The van der Waals surface area contributed by atoms with Gasteiger partial charge in [-0.1, -0.05) is 11.6 Å². The van der Waals surface area contributed by atoms with E-state index in [0.717, 1.165) is 3.57 Å². The lowest BCUT2D eigenvalue weighted by molar-refractivity contribution is 0.101. The lowest BCUT2D eigenvalue weighted by Crippen LogP contribution is -1.99. The highest BCUT2D eigenvalue weighted by Crippen LogP contribution is 2.25. The fourth-order valence-electron chi connectivity index (χ4n) is 0.982. The van der Waals surface area contributed by atoms with Gasteiger partial charge in [0, 0.05) is 14.7 Å². The Bertz CT molecular complexity index is 374. The van der Waals surface area contributed by atoms with Crippen molar-refractivity contribution in [2.24, 2.45) is 0 Å². The molecular formula is C9H6ClIO2. The van der Waals surface area contributed by atoms with Gasteiger partial charge in [0.1, 0.15) is 0 Å². The molecule has 0 bridgehead atoms. The molecule has 13 heavy (non-hydrogen) atoms. The Balaban J connectivity index is 3.47. The standard InChI is InChI=1S/C9H6ClIO2/c1-5(13)8-7(11)3-2-6(4-12)9(8)10/h2-4H,1H3. The number of aldehydes is 1. The second kappa shape index (κ2) is 4.19. The van der Waals surface area contributed by atoms with Gasteiger partial charge in [0.2, 0.25) is 0 Å². The summed E-state index contributed by atoms with van der Waals surface area (Å²) in [6.07, 6.45) is 0.644. The number of rotatable bonds is 2. The first-order valence-corrected chi connectivity index (χ1v) is 4.97. The maximum Gasteiger partial charge on any atom is 0.162 e. The smallest absolute Gasteiger partial charge is 0.162 e. The molecule has 0 heterocycles. The minimum Gasteiger partial charge on any atom is -0.298 e. The molecule has 0 spiro atoms. The van der Waals surface area contributed by atoms with E-state index in [0.29, 0.717) is 17.4 Å². The van der Waals surface area contributed by atoms with E-state index in [1.54, 1.807) is 12.1 Å². The molecule has 2 nitrogen and oxygen atoms in total. The predicted molar refractivity (Wildman–Crippen MR) is 59.6 cm³/mol. The molecule has 1 aromatic rings. The van der Waals surface area contributed by atoms with Crippen molar-refractivity contribution in [3.8, 4) is 0 Å². The Morgan fingerprint density at radius 3 is 2.62 bits per heavy atom. The number of hydrogen-bond acceptors (Lipinski definition) is 2. The summed E-state index contributed by atoms with van der Waals surface area (Å²) in [5.74, 6) is -0.127. The molecule has 1 aromatic carbocycles. The van der Waals surface area contributed by atoms with E-state index in [1.165, 1.54) is 6.92 Å². The summed E-state index contributed by atoms with van der Waals surface area (Å²) in [6, 6.07) is 3.30. The van der Waals surface area contributed by atoms with E-state index in [9.17, 15) is 9.59 Å². The lowest BCUT2D eigenvalue weighted by Gasteiger charge is -2.04. The van der Waals surface area contributed by atoms with Gasteiger partial charge in [0.15, 0.2) is 12.1 Å². The van der Waals surface area contributed by atoms with Crippen LogP contribution in [0.1, 0.15) is 27.6 Å². The Morgan fingerprint density at radius 1 is 1.54 bits per heavy atom. The Kier molecular flexibility index (Phi) is 3.44. The van der Waals surface area contributed by atoms with Crippen molar-refractivity contribution < 1.29 is 9.59 Å². The molecule has 0 aliphatic carbocycles. The third-order valence-electron chi connectivity index (χ3n) is 1.60. The average Bonchev–Trinajstić information content (AvgIpc) is 2.04. The molecule has 0 saturated heterocycles. The van der Waals surface area contributed by atoms with E-state index in [2.05, 4.69) is 0 Å². The summed E-state index contributed by atoms with van der Waals surface area (Å²) in [5, 5.41) is 0.245. The monoisotopic (exact) mass is 308 g/mol. The van der Waals surface area contributed by atoms with E-state index in [4.69, 9.17) is 11.6 Å². The molecule has 4 heteroatoms. The molecule has 0 radical (unpaired) electrons. The van der Waals surface area contributed by atoms with E-state index in [1.807, 2.05) is 22.6 Å². The number of carbonyl (C=O) groups excluding carboxylic acids is 2. The van der Waals surface area contributed by atoms with Gasteiger partial charge in [-0.05, 0) is 41.6 Å². The largest absolute Gasteiger partial charge is 0.298 e. The summed E-state index contributed by atoms with van der Waals surface area (Å²) >= 11 is 7.87. The van der Waals surface area contributed by atoms with Crippen LogP contribution in [0.5, 0.6) is 0 Å². The van der Waals surface area contributed by atoms with Crippen molar-refractivity contribution in [1.29, 1.82) is 0 Å². The second-order valence-corrected chi connectivity index (χ2v) is 4.04. The van der Waals surface area contributed by atoms with Gasteiger partial charge in [-0.2, -0.15) is 0 Å². The second-order valence-electron chi connectivity index (χ2n) is 2.50. The fraction of sp³-hybridized carbons (Fsp3) is 0.111. The van der Waals surface area contributed by atoms with E-state index < -0.39 is 0 Å². The van der Waals surface area contributed by atoms with E-state index in [-0.39, 0.29) is 10.8 Å². The van der Waals surface area contributed by atoms with Gasteiger partial charge in [-0.3, -0.25) is 9.59 Å². The van der Waals surface area contributed by atoms with Gasteiger partial charge >= 0.3 is 0 Å². The summed E-state index contributed by atoms with van der Waals surface area (Å²) in [4.78, 5) is 21.7. The van der Waals surface area contributed by atoms with Crippen LogP contribution < -0.4 is 0 Å². The van der Waals surface area contributed by atoms with Crippen LogP contribution in [0.3, 0.4) is 0 Å². The zero-order chi connectivity index (χ0) is 10.0. The normalized spacial score (nSPS) is 9.77. The molecule has 0 atom stereocenters. The third-order valence-corrected chi connectivity index (χ3v) is 2.91. The third kappa shape index (κ3) is 2.08. The van der Waals surface area contributed by atoms with E-state index >= 15 is 0 Å². The van der Waals surface area contributed by atoms with Crippen LogP contribution in [-0.2, 0) is 0 Å². The zero-order valence-electron chi connectivity index (χ0n) is 6.80. The number of ketones is 1. The maximum atomic E-state index is 11.2. The molecule has 0 aliphatic rings. The van der Waals surface area contributed by atoms with Crippen molar-refractivity contribution in [2.45, 2.75) is 6.92 Å². The maximum absolute atomic E-state index is 11.2. The van der Waals surface area contributed by atoms with Gasteiger partial charge in [-0.25, -0.2) is 0 Å². The van der Waals surface area contributed by atoms with Crippen LogP contribution >= 0.6 is 34.2 Å². The van der Waals surface area contributed by atoms with Crippen molar-refractivity contribution in [3.05, 3.63) is 31.9 Å². The van der Waals surface area contributed by atoms with Crippen LogP contribution in [0.15, 0.2) is 12.1 Å². The predicted octanol–water partition coefficient (Wildman–Crippen LogP) is 2.96. The molecule has 68 valence electrons. The van der Waals surface area contributed by atoms with Gasteiger partial charge in [-0.15, -0.1) is 0 Å². The SMILES string of the molecule is CC(=O)c1c(I)ccc(C=O)c1Cl. The molecule has 1 rings (SSSR count). The molecule has 0 saturated carbocycles. The van der Waals surface area contributed by atoms with Crippen molar-refractivity contribution in [3.63, 3.8) is 0 Å². The molecular weight excluding hydrogens is 302 g/mol. The van der Waals surface area contributed by atoms with Crippen molar-refractivity contribution >= 4 is 46.3 Å².